The van der Waals surface area contributed by atoms with E-state index in [-0.39, 0.29) is 23.6 Å². The van der Waals surface area contributed by atoms with Crippen LogP contribution in [0.15, 0.2) is 85.2 Å². The Morgan fingerprint density at radius 3 is 2.39 bits per heavy atom. The first-order valence-corrected chi connectivity index (χ1v) is 13.5. The molecule has 1 amide bonds. The van der Waals surface area contributed by atoms with Crippen molar-refractivity contribution in [1.29, 1.82) is 0 Å². The van der Waals surface area contributed by atoms with E-state index < -0.39 is 11.4 Å². The van der Waals surface area contributed by atoms with Gasteiger partial charge in [0.25, 0.3) is 0 Å². The van der Waals surface area contributed by atoms with E-state index >= 15 is 0 Å². The van der Waals surface area contributed by atoms with Gasteiger partial charge in [0.15, 0.2) is 5.11 Å². The molecule has 3 heterocycles. The molecular weight excluding hydrogens is 538 g/mol. The third-order valence-corrected chi connectivity index (χ3v) is 7.28. The highest BCUT2D eigenvalue weighted by atomic mass is 32.1. The number of pyridine rings is 1. The molecular formula is C31H31N5O4S. The van der Waals surface area contributed by atoms with Crippen molar-refractivity contribution in [2.75, 3.05) is 17.3 Å². The third-order valence-electron chi connectivity index (χ3n) is 6.97. The smallest absolute Gasteiger partial charge is 0.335 e. The minimum atomic E-state index is -0.980. The number of nitrogens with one attached hydrogen (secondary N) is 2. The van der Waals surface area contributed by atoms with Crippen LogP contribution in [0.5, 0.6) is 5.75 Å². The number of thiocarbonyl (C=S) groups is 1. The van der Waals surface area contributed by atoms with E-state index in [0.29, 0.717) is 16.5 Å². The van der Waals surface area contributed by atoms with Gasteiger partial charge in [-0.3, -0.25) is 9.78 Å². The summed E-state index contributed by atoms with van der Waals surface area (Å²) in [7, 11) is 1.56. The van der Waals surface area contributed by atoms with Crippen molar-refractivity contribution in [3.63, 3.8) is 0 Å². The molecule has 2 atom stereocenters. The van der Waals surface area contributed by atoms with Crippen molar-refractivity contribution in [2.24, 2.45) is 5.41 Å². The summed E-state index contributed by atoms with van der Waals surface area (Å²) >= 11 is 5.89. The molecule has 1 aliphatic heterocycles. The van der Waals surface area contributed by atoms with Crippen LogP contribution in [0.2, 0.25) is 0 Å². The summed E-state index contributed by atoms with van der Waals surface area (Å²) in [6.07, 6.45) is 3.69. The predicted molar refractivity (Wildman–Crippen MR) is 162 cm³/mol. The highest BCUT2D eigenvalue weighted by Gasteiger charge is 2.42. The van der Waals surface area contributed by atoms with E-state index in [9.17, 15) is 14.7 Å². The van der Waals surface area contributed by atoms with E-state index in [1.54, 1.807) is 37.6 Å². The number of benzene rings is 2. The maximum Gasteiger partial charge on any atom is 0.335 e. The number of carbonyl (C=O) groups is 2. The Balaban J connectivity index is 1.60. The Hall–Kier alpha value is -4.70. The van der Waals surface area contributed by atoms with Gasteiger partial charge in [-0.1, -0.05) is 26.8 Å². The Labute approximate surface area is 243 Å². The van der Waals surface area contributed by atoms with Gasteiger partial charge in [0.1, 0.15) is 11.8 Å². The van der Waals surface area contributed by atoms with Crippen LogP contribution in [-0.4, -0.2) is 38.8 Å². The molecule has 41 heavy (non-hydrogen) atoms. The summed E-state index contributed by atoms with van der Waals surface area (Å²) in [5, 5.41) is 16.3. The largest absolute Gasteiger partial charge is 0.494 e. The molecule has 10 heteroatoms. The summed E-state index contributed by atoms with van der Waals surface area (Å²) in [6, 6.07) is 21.4. The molecule has 2 aromatic heterocycles. The number of aromatic nitrogens is 2. The molecule has 0 spiro atoms. The lowest BCUT2D eigenvalue weighted by Crippen LogP contribution is -2.30. The number of ether oxygens (including phenoxy) is 1. The zero-order chi connectivity index (χ0) is 29.3. The van der Waals surface area contributed by atoms with Crippen LogP contribution in [0.1, 0.15) is 54.6 Å². The lowest BCUT2D eigenvalue weighted by atomic mass is 9.95. The topological polar surface area (TPSA) is 109 Å². The van der Waals surface area contributed by atoms with E-state index in [2.05, 4.69) is 15.6 Å². The average Bonchev–Trinajstić information content (AvgIpc) is 3.57. The molecule has 1 aliphatic rings. The lowest BCUT2D eigenvalue weighted by molar-refractivity contribution is -0.123. The molecule has 210 valence electrons. The second-order valence-corrected chi connectivity index (χ2v) is 11.1. The van der Waals surface area contributed by atoms with Gasteiger partial charge in [-0.05, 0) is 72.9 Å². The van der Waals surface area contributed by atoms with Crippen molar-refractivity contribution < 1.29 is 19.4 Å². The molecule has 1 fully saturated rings. The van der Waals surface area contributed by atoms with Gasteiger partial charge in [-0.25, -0.2) is 4.79 Å². The summed E-state index contributed by atoms with van der Waals surface area (Å²) < 4.78 is 7.70. The van der Waals surface area contributed by atoms with Gasteiger partial charge >= 0.3 is 5.97 Å². The fourth-order valence-electron chi connectivity index (χ4n) is 4.81. The monoisotopic (exact) mass is 569 g/mol. The molecule has 0 aliphatic carbocycles. The predicted octanol–water partition coefficient (Wildman–Crippen LogP) is 5.74. The van der Waals surface area contributed by atoms with Crippen LogP contribution in [0, 0.1) is 5.41 Å². The first kappa shape index (κ1) is 27.9. The molecule has 3 N–H and O–H groups in total. The van der Waals surface area contributed by atoms with Crippen LogP contribution >= 0.6 is 12.2 Å². The van der Waals surface area contributed by atoms with Crippen LogP contribution in [0.4, 0.5) is 11.4 Å². The minimum absolute atomic E-state index is 0.123. The second kappa shape index (κ2) is 11.1. The number of nitrogens with zero attached hydrogens (tertiary/aromatic N) is 3. The standard InChI is InChI=1S/C31H31N5O4S/c1-31(2,3)29(39)33-22-15-14-21(18-25(22)40-4)36-27(26(34-30(36)41)23-8-5-6-16-32-23)24-9-7-17-35(24)20-12-10-19(11-13-20)28(37)38/h5-18,26-27H,1-4H3,(H,33,39)(H,34,41)(H,37,38)/t26-,27+/m1/s1. The Kier molecular flexibility index (Phi) is 7.51. The van der Waals surface area contributed by atoms with Gasteiger partial charge in [0.2, 0.25) is 5.91 Å². The minimum Gasteiger partial charge on any atom is -0.494 e. The molecule has 0 saturated carbocycles. The molecule has 5 rings (SSSR count). The van der Waals surface area contributed by atoms with Gasteiger partial charge in [-0.2, -0.15) is 0 Å². The number of carboxylic acid groups (broad SMARTS) is 1. The van der Waals surface area contributed by atoms with E-state index in [1.807, 2.05) is 85.0 Å². The Morgan fingerprint density at radius 2 is 1.76 bits per heavy atom. The first-order valence-electron chi connectivity index (χ1n) is 13.1. The highest BCUT2D eigenvalue weighted by molar-refractivity contribution is 7.80. The van der Waals surface area contributed by atoms with Crippen molar-refractivity contribution >= 4 is 40.6 Å². The summed E-state index contributed by atoms with van der Waals surface area (Å²) in [6.45, 7) is 5.55. The number of anilines is 2. The first-order chi connectivity index (χ1) is 19.6. The molecule has 0 unspecified atom stereocenters. The van der Waals surface area contributed by atoms with Crippen molar-refractivity contribution in [1.82, 2.24) is 14.9 Å². The molecule has 4 aromatic rings. The van der Waals surface area contributed by atoms with Gasteiger partial charge in [-0.15, -0.1) is 0 Å². The van der Waals surface area contributed by atoms with Crippen LogP contribution in [0.3, 0.4) is 0 Å². The summed E-state index contributed by atoms with van der Waals surface area (Å²) in [5.74, 6) is -0.601. The number of aromatic carboxylic acids is 1. The van der Waals surface area contributed by atoms with Crippen LogP contribution in [-0.2, 0) is 4.79 Å². The average molecular weight is 570 g/mol. The molecule has 2 aromatic carbocycles. The number of carbonyl (C=O) groups excluding carboxylic acids is 1. The lowest BCUT2D eigenvalue weighted by Gasteiger charge is -2.29. The van der Waals surface area contributed by atoms with Gasteiger partial charge in [0, 0.05) is 40.9 Å². The number of hydrogen-bond acceptors (Lipinski definition) is 5. The van der Waals surface area contributed by atoms with E-state index in [4.69, 9.17) is 17.0 Å². The quantitative estimate of drug-likeness (QED) is 0.242. The molecule has 0 bridgehead atoms. The number of rotatable bonds is 7. The zero-order valence-corrected chi connectivity index (χ0v) is 24.0. The van der Waals surface area contributed by atoms with Crippen LogP contribution < -0.4 is 20.3 Å². The maximum atomic E-state index is 12.7. The summed E-state index contributed by atoms with van der Waals surface area (Å²) in [4.78, 5) is 30.7. The maximum absolute atomic E-state index is 12.7. The Morgan fingerprint density at radius 1 is 1.02 bits per heavy atom. The summed E-state index contributed by atoms with van der Waals surface area (Å²) in [5.41, 5.74) is 3.52. The van der Waals surface area contributed by atoms with Gasteiger partial charge < -0.3 is 29.9 Å². The fourth-order valence-corrected chi connectivity index (χ4v) is 5.16. The molecule has 9 nitrogen and oxygen atoms in total. The SMILES string of the molecule is COc1cc(N2C(=S)N[C@H](c3ccccn3)[C@@H]2c2cccn2-c2ccc(C(=O)O)cc2)ccc1NC(=O)C(C)(C)C. The van der Waals surface area contributed by atoms with E-state index in [1.165, 1.54) is 0 Å². The van der Waals surface area contributed by atoms with Crippen molar-refractivity contribution in [2.45, 2.75) is 32.9 Å². The zero-order valence-electron chi connectivity index (χ0n) is 23.2. The van der Waals surface area contributed by atoms with Gasteiger partial charge in [0.05, 0.1) is 30.1 Å². The Bertz CT molecular complexity index is 1590. The van der Waals surface area contributed by atoms with Crippen molar-refractivity contribution in [3.05, 3.63) is 102 Å². The molecule has 0 radical (unpaired) electrons. The fraction of sp³-hybridized carbons (Fsp3) is 0.226. The number of carboxylic acids is 1. The second-order valence-electron chi connectivity index (χ2n) is 10.7. The van der Waals surface area contributed by atoms with E-state index in [0.717, 1.165) is 22.8 Å². The third kappa shape index (κ3) is 5.51. The number of hydrogen-bond donors (Lipinski definition) is 3. The van der Waals surface area contributed by atoms with Crippen LogP contribution in [0.25, 0.3) is 5.69 Å². The highest BCUT2D eigenvalue weighted by Crippen LogP contribution is 2.44. The molecule has 1 saturated heterocycles. The van der Waals surface area contributed by atoms with Crippen molar-refractivity contribution in [3.8, 4) is 11.4 Å². The normalized spacial score (nSPS) is 16.8. The number of methoxy groups -OCH3 is 1. The number of amides is 1.